The van der Waals surface area contributed by atoms with Crippen LogP contribution < -0.4 is 23.7 Å². The fourth-order valence-electron chi connectivity index (χ4n) is 3.89. The number of methoxy groups -OCH3 is 2. The lowest BCUT2D eigenvalue weighted by molar-refractivity contribution is -0.139. The second-order valence-electron chi connectivity index (χ2n) is 8.56. The first-order valence-electron chi connectivity index (χ1n) is 11.4. The normalized spacial score (nSPS) is 16.2. The number of anilines is 1. The van der Waals surface area contributed by atoms with Crippen LogP contribution in [0.3, 0.4) is 0 Å². The summed E-state index contributed by atoms with van der Waals surface area (Å²) in [4.78, 5) is 5.76. The fraction of sp³-hybridized carbons (Fsp3) is 0.320. The van der Waals surface area contributed by atoms with Crippen LogP contribution >= 0.6 is 0 Å². The van der Waals surface area contributed by atoms with E-state index in [1.165, 1.54) is 26.4 Å². The molecule has 1 unspecified atom stereocenters. The third-order valence-electron chi connectivity index (χ3n) is 5.78. The molecule has 0 spiro atoms. The monoisotopic (exact) mass is 553 g/mol. The number of sulfonamides is 1. The summed E-state index contributed by atoms with van der Waals surface area (Å²) >= 11 is 0. The van der Waals surface area contributed by atoms with Crippen LogP contribution in [0, 0.1) is 0 Å². The molecule has 1 atom stereocenters. The topological polar surface area (TPSA) is 99.2 Å². The highest BCUT2D eigenvalue weighted by Gasteiger charge is 2.36. The Hall–Kier alpha value is -3.71. The first-order chi connectivity index (χ1) is 18.0. The van der Waals surface area contributed by atoms with Gasteiger partial charge in [-0.15, -0.1) is 0 Å². The molecule has 0 saturated carbocycles. The summed E-state index contributed by atoms with van der Waals surface area (Å²) in [6, 6.07) is 10.3. The lowest BCUT2D eigenvalue weighted by atomic mass is 10.1. The van der Waals surface area contributed by atoms with Gasteiger partial charge in [-0.1, -0.05) is 0 Å². The molecule has 1 fully saturated rings. The zero-order chi connectivity index (χ0) is 27.5. The van der Waals surface area contributed by atoms with Gasteiger partial charge in [0.05, 0.1) is 31.7 Å². The first kappa shape index (κ1) is 27.3. The third-order valence-corrected chi connectivity index (χ3v) is 7.14. The number of rotatable bonds is 9. The number of nitrogens with zero attached hydrogens (tertiary/aromatic N) is 2. The van der Waals surface area contributed by atoms with Crippen molar-refractivity contribution < 1.29 is 40.5 Å². The summed E-state index contributed by atoms with van der Waals surface area (Å²) in [7, 11) is 0.648. The molecule has 0 amide bonds. The number of aromatic nitrogens is 1. The van der Waals surface area contributed by atoms with E-state index in [-0.39, 0.29) is 16.5 Å². The molecule has 1 aliphatic rings. The van der Waals surface area contributed by atoms with Gasteiger partial charge in [-0.2, -0.15) is 13.2 Å². The number of halogens is 3. The number of benzene rings is 2. The molecule has 3 aromatic rings. The van der Waals surface area contributed by atoms with Crippen LogP contribution in [-0.2, 0) is 16.2 Å². The highest BCUT2D eigenvalue weighted by Crippen LogP contribution is 2.39. The van der Waals surface area contributed by atoms with Gasteiger partial charge in [0, 0.05) is 31.3 Å². The van der Waals surface area contributed by atoms with Gasteiger partial charge in [-0.3, -0.25) is 4.72 Å². The Bertz CT molecular complexity index is 1380. The van der Waals surface area contributed by atoms with E-state index in [1.807, 2.05) is 11.9 Å². The van der Waals surface area contributed by atoms with Crippen LogP contribution in [0.2, 0.25) is 0 Å². The third kappa shape index (κ3) is 6.40. The van der Waals surface area contributed by atoms with E-state index in [0.29, 0.717) is 36.8 Å². The standard InChI is InChI=1S/C25H26F3N3O6S/c1-31-11-10-18(15-31)36-22-12-16(4-7-20(22)25(26,27)28)30-38(32,33)19-6-9-24(29-14-19)37-17-5-8-21(34-2)23(13-17)35-3/h4-9,12-14,18,30H,10-11,15H2,1-3H3. The maximum atomic E-state index is 13.5. The van der Waals surface area contributed by atoms with Gasteiger partial charge in [0.2, 0.25) is 5.88 Å². The van der Waals surface area contributed by atoms with E-state index in [1.54, 1.807) is 18.2 Å². The minimum absolute atomic E-state index is 0.0787. The number of likely N-dealkylation sites (N-methyl/N-ethyl adjacent to an activating group) is 1. The van der Waals surface area contributed by atoms with Gasteiger partial charge in [0.15, 0.2) is 11.5 Å². The largest absolute Gasteiger partial charge is 0.493 e. The lowest BCUT2D eigenvalue weighted by Crippen LogP contribution is -2.23. The van der Waals surface area contributed by atoms with E-state index in [2.05, 4.69) is 9.71 Å². The summed E-state index contributed by atoms with van der Waals surface area (Å²) in [6.45, 7) is 1.16. The van der Waals surface area contributed by atoms with Crippen molar-refractivity contribution in [1.29, 1.82) is 0 Å². The summed E-state index contributed by atoms with van der Waals surface area (Å²) in [5.41, 5.74) is -1.06. The van der Waals surface area contributed by atoms with Crippen molar-refractivity contribution in [2.75, 3.05) is 39.1 Å². The van der Waals surface area contributed by atoms with Gasteiger partial charge in [-0.25, -0.2) is 13.4 Å². The zero-order valence-electron chi connectivity index (χ0n) is 20.8. The maximum absolute atomic E-state index is 13.5. The van der Waals surface area contributed by atoms with Crippen molar-refractivity contribution in [2.24, 2.45) is 0 Å². The second kappa shape index (κ2) is 11.0. The van der Waals surface area contributed by atoms with Gasteiger partial charge in [0.25, 0.3) is 10.0 Å². The Morgan fingerprint density at radius 1 is 1.00 bits per heavy atom. The Balaban J connectivity index is 1.51. The van der Waals surface area contributed by atoms with E-state index in [9.17, 15) is 21.6 Å². The highest BCUT2D eigenvalue weighted by molar-refractivity contribution is 7.92. The Labute approximate surface area is 218 Å². The number of likely N-dealkylation sites (tertiary alicyclic amines) is 1. The van der Waals surface area contributed by atoms with Crippen molar-refractivity contribution in [3.8, 4) is 28.9 Å². The molecule has 4 rings (SSSR count). The molecule has 2 heterocycles. The predicted molar refractivity (Wildman–Crippen MR) is 133 cm³/mol. The average Bonchev–Trinajstić information content (AvgIpc) is 3.27. The van der Waals surface area contributed by atoms with E-state index < -0.39 is 33.6 Å². The highest BCUT2D eigenvalue weighted by atomic mass is 32.2. The van der Waals surface area contributed by atoms with Gasteiger partial charge < -0.3 is 23.8 Å². The van der Waals surface area contributed by atoms with Crippen LogP contribution in [-0.4, -0.2) is 58.8 Å². The van der Waals surface area contributed by atoms with Crippen molar-refractivity contribution >= 4 is 15.7 Å². The molecule has 13 heteroatoms. The number of hydrogen-bond acceptors (Lipinski definition) is 8. The molecular weight excluding hydrogens is 527 g/mol. The number of alkyl halides is 3. The molecular formula is C25H26F3N3O6S. The summed E-state index contributed by atoms with van der Waals surface area (Å²) < 4.78 is 90.4. The quantitative estimate of drug-likeness (QED) is 0.404. The summed E-state index contributed by atoms with van der Waals surface area (Å²) in [6.07, 6.45) is -3.46. The van der Waals surface area contributed by atoms with Crippen molar-refractivity contribution in [1.82, 2.24) is 9.88 Å². The van der Waals surface area contributed by atoms with Crippen molar-refractivity contribution in [3.05, 3.63) is 60.3 Å². The molecule has 0 bridgehead atoms. The maximum Gasteiger partial charge on any atom is 0.419 e. The second-order valence-corrected chi connectivity index (χ2v) is 10.2. The zero-order valence-corrected chi connectivity index (χ0v) is 21.6. The van der Waals surface area contributed by atoms with Gasteiger partial charge >= 0.3 is 6.18 Å². The Morgan fingerprint density at radius 3 is 2.37 bits per heavy atom. The minimum atomic E-state index is -4.66. The lowest BCUT2D eigenvalue weighted by Gasteiger charge is -2.19. The van der Waals surface area contributed by atoms with Crippen LogP contribution in [0.15, 0.2) is 59.6 Å². The van der Waals surface area contributed by atoms with E-state index in [4.69, 9.17) is 18.9 Å². The first-order valence-corrected chi connectivity index (χ1v) is 12.9. The summed E-state index contributed by atoms with van der Waals surface area (Å²) in [5, 5.41) is 0. The number of pyridine rings is 1. The van der Waals surface area contributed by atoms with Crippen LogP contribution in [0.25, 0.3) is 0 Å². The molecule has 2 aromatic carbocycles. The minimum Gasteiger partial charge on any atom is -0.493 e. The van der Waals surface area contributed by atoms with E-state index >= 15 is 0 Å². The number of ether oxygens (including phenoxy) is 4. The molecule has 1 aliphatic heterocycles. The predicted octanol–water partition coefficient (Wildman–Crippen LogP) is 4.79. The van der Waals surface area contributed by atoms with Crippen molar-refractivity contribution in [2.45, 2.75) is 23.6 Å². The van der Waals surface area contributed by atoms with Gasteiger partial charge in [0.1, 0.15) is 22.5 Å². The molecule has 1 aromatic heterocycles. The molecule has 9 nitrogen and oxygen atoms in total. The molecule has 0 aliphatic carbocycles. The SMILES string of the molecule is COc1ccc(Oc2ccc(S(=O)(=O)Nc3ccc(C(F)(F)F)c(OC4CCN(C)C4)c3)cn2)cc1OC. The molecule has 0 radical (unpaired) electrons. The number of nitrogens with one attached hydrogen (secondary N) is 1. The van der Waals surface area contributed by atoms with Crippen LogP contribution in [0.1, 0.15) is 12.0 Å². The fourth-order valence-corrected chi connectivity index (χ4v) is 4.88. The molecule has 1 N–H and O–H groups in total. The molecule has 38 heavy (non-hydrogen) atoms. The number of hydrogen-bond donors (Lipinski definition) is 1. The molecule has 204 valence electrons. The smallest absolute Gasteiger partial charge is 0.419 e. The Kier molecular flexibility index (Phi) is 7.88. The summed E-state index contributed by atoms with van der Waals surface area (Å²) in [5.74, 6) is 1.01. The average molecular weight is 554 g/mol. The van der Waals surface area contributed by atoms with Crippen molar-refractivity contribution in [3.63, 3.8) is 0 Å². The molecule has 1 saturated heterocycles. The Morgan fingerprint density at radius 2 is 1.76 bits per heavy atom. The van der Waals surface area contributed by atoms with Crippen LogP contribution in [0.5, 0.6) is 28.9 Å². The van der Waals surface area contributed by atoms with E-state index in [0.717, 1.165) is 24.4 Å². The van der Waals surface area contributed by atoms with Crippen LogP contribution in [0.4, 0.5) is 18.9 Å². The van der Waals surface area contributed by atoms with Gasteiger partial charge in [-0.05, 0) is 43.8 Å².